The molecule has 0 fully saturated rings. The average Bonchev–Trinajstić information content (AvgIpc) is 2.76. The van der Waals surface area contributed by atoms with E-state index in [2.05, 4.69) is 0 Å². The van der Waals surface area contributed by atoms with Crippen LogP contribution >= 0.6 is 0 Å². The van der Waals surface area contributed by atoms with Gasteiger partial charge in [0.15, 0.2) is 0 Å². The van der Waals surface area contributed by atoms with E-state index >= 15 is 0 Å². The van der Waals surface area contributed by atoms with Crippen molar-refractivity contribution in [3.8, 4) is 23.0 Å². The summed E-state index contributed by atoms with van der Waals surface area (Å²) >= 11 is 0. The van der Waals surface area contributed by atoms with Crippen molar-refractivity contribution in [2.45, 2.75) is 6.92 Å². The molecular formula is C19H15F3N4O10. The van der Waals surface area contributed by atoms with Crippen molar-refractivity contribution in [2.24, 2.45) is 0 Å². The highest BCUT2D eigenvalue weighted by molar-refractivity contribution is 5.58. The van der Waals surface area contributed by atoms with Gasteiger partial charge >= 0.3 is 11.4 Å². The summed E-state index contributed by atoms with van der Waals surface area (Å²) < 4.78 is 11.2. The molecule has 0 bridgehead atoms. The molecule has 0 N–H and O–H groups in total. The van der Waals surface area contributed by atoms with E-state index in [0.29, 0.717) is 0 Å². The molecule has 0 unspecified atom stereocenters. The summed E-state index contributed by atoms with van der Waals surface area (Å²) in [5, 5.41) is 44.4. The first-order valence-corrected chi connectivity index (χ1v) is 8.89. The third-order valence-electron chi connectivity index (χ3n) is 4.37. The zero-order chi connectivity index (χ0) is 24.3. The first-order chi connectivity index (χ1) is 15.6. The van der Waals surface area contributed by atoms with Crippen LogP contribution in [0.1, 0.15) is 5.56 Å². The SMILES string of the molecule is Cc1c(Oc2ccc([N+](=O)[O-])cc2[N+](=O)[O-])cccc1Oc1ccc([N+](=O)[O-])cc1[N+](=O)[O-].F.F.F. The van der Waals surface area contributed by atoms with Gasteiger partial charge in [-0.2, -0.15) is 0 Å². The topological polar surface area (TPSA) is 191 Å². The molecule has 0 aliphatic rings. The van der Waals surface area contributed by atoms with E-state index in [9.17, 15) is 40.5 Å². The second-order valence-electron chi connectivity index (χ2n) is 6.42. The number of rotatable bonds is 8. The molecule has 0 aliphatic carbocycles. The molecule has 0 heterocycles. The average molecular weight is 516 g/mol. The number of benzene rings is 3. The van der Waals surface area contributed by atoms with Gasteiger partial charge in [-0.15, -0.1) is 0 Å². The van der Waals surface area contributed by atoms with Crippen molar-refractivity contribution >= 4 is 22.7 Å². The second kappa shape index (κ2) is 12.2. The molecule has 3 aromatic rings. The molecule has 0 aromatic heterocycles. The van der Waals surface area contributed by atoms with Crippen LogP contribution in [0, 0.1) is 47.4 Å². The molecule has 3 aromatic carbocycles. The summed E-state index contributed by atoms with van der Waals surface area (Å²) in [6, 6.07) is 10.1. The molecular weight excluding hydrogens is 501 g/mol. The minimum Gasteiger partial charge on any atom is -0.450 e. The van der Waals surface area contributed by atoms with Crippen LogP contribution < -0.4 is 9.47 Å². The quantitative estimate of drug-likeness (QED) is 0.266. The molecule has 192 valence electrons. The molecule has 14 nitrogen and oxygen atoms in total. The normalized spacial score (nSPS) is 9.47. The van der Waals surface area contributed by atoms with E-state index in [0.717, 1.165) is 36.4 Å². The molecule has 3 rings (SSSR count). The van der Waals surface area contributed by atoms with Gasteiger partial charge in [0.2, 0.25) is 11.5 Å². The third kappa shape index (κ3) is 6.37. The highest BCUT2D eigenvalue weighted by Gasteiger charge is 2.24. The molecule has 36 heavy (non-hydrogen) atoms. The van der Waals surface area contributed by atoms with Crippen LogP contribution in [0.2, 0.25) is 0 Å². The van der Waals surface area contributed by atoms with E-state index in [1.165, 1.54) is 25.1 Å². The number of non-ortho nitro benzene ring substituents is 2. The van der Waals surface area contributed by atoms with Crippen LogP contribution in [0.5, 0.6) is 23.0 Å². The maximum Gasteiger partial charge on any atom is 0.318 e. The van der Waals surface area contributed by atoms with Gasteiger partial charge in [0.25, 0.3) is 11.4 Å². The maximum absolute atomic E-state index is 11.3. The minimum absolute atomic E-state index is 0. The lowest BCUT2D eigenvalue weighted by molar-refractivity contribution is -0.394. The maximum atomic E-state index is 11.3. The van der Waals surface area contributed by atoms with Crippen molar-refractivity contribution < 1.29 is 43.3 Å². The smallest absolute Gasteiger partial charge is 0.318 e. The number of halogens is 3. The second-order valence-corrected chi connectivity index (χ2v) is 6.42. The third-order valence-corrected chi connectivity index (χ3v) is 4.37. The van der Waals surface area contributed by atoms with Crippen molar-refractivity contribution in [3.63, 3.8) is 0 Å². The Morgan fingerprint density at radius 3 is 1.22 bits per heavy atom. The fourth-order valence-electron chi connectivity index (χ4n) is 2.75. The van der Waals surface area contributed by atoms with Gasteiger partial charge < -0.3 is 9.47 Å². The van der Waals surface area contributed by atoms with Gasteiger partial charge in [-0.3, -0.25) is 54.6 Å². The van der Waals surface area contributed by atoms with Gasteiger partial charge in [0, 0.05) is 17.7 Å². The molecule has 0 saturated carbocycles. The Bertz CT molecular complexity index is 1230. The van der Waals surface area contributed by atoms with E-state index in [1.807, 2.05) is 0 Å². The molecule has 0 atom stereocenters. The molecule has 0 saturated heterocycles. The Labute approximate surface area is 197 Å². The van der Waals surface area contributed by atoms with E-state index in [4.69, 9.17) is 9.47 Å². The lowest BCUT2D eigenvalue weighted by atomic mass is 10.2. The molecule has 0 spiro atoms. The lowest BCUT2D eigenvalue weighted by Crippen LogP contribution is -1.99. The van der Waals surface area contributed by atoms with Gasteiger partial charge in [-0.1, -0.05) is 6.07 Å². The highest BCUT2D eigenvalue weighted by Crippen LogP contribution is 2.40. The standard InChI is InChI=1S/C19H12N4O10.3FH/c1-11-16(32-18-7-5-12(20(24)25)9-14(18)22(28)29)3-2-4-17(11)33-19-8-6-13(21(26)27)10-15(19)23(30)31;;;/h2-10H,1H3;3*1H. The number of ether oxygens (including phenoxy) is 2. The largest absolute Gasteiger partial charge is 0.450 e. The number of nitro benzene ring substituents is 4. The van der Waals surface area contributed by atoms with E-state index in [1.54, 1.807) is 0 Å². The lowest BCUT2D eigenvalue weighted by Gasteiger charge is -2.13. The Kier molecular flexibility index (Phi) is 10.4. The van der Waals surface area contributed by atoms with E-state index < -0.39 is 42.4 Å². The zero-order valence-electron chi connectivity index (χ0n) is 17.8. The van der Waals surface area contributed by atoms with Crippen molar-refractivity contribution in [1.82, 2.24) is 0 Å². The number of nitro groups is 4. The van der Waals surface area contributed by atoms with Crippen molar-refractivity contribution in [3.05, 3.63) is 101 Å². The van der Waals surface area contributed by atoms with Crippen LogP contribution in [-0.2, 0) is 0 Å². The number of nitrogens with zero attached hydrogens (tertiary/aromatic N) is 4. The fourth-order valence-corrected chi connectivity index (χ4v) is 2.75. The molecule has 0 aliphatic heterocycles. The summed E-state index contributed by atoms with van der Waals surface area (Å²) in [5.74, 6) is -0.387. The van der Waals surface area contributed by atoms with Crippen LogP contribution in [0.25, 0.3) is 0 Å². The van der Waals surface area contributed by atoms with Crippen LogP contribution in [0.4, 0.5) is 36.9 Å². The summed E-state index contributed by atoms with van der Waals surface area (Å²) in [4.78, 5) is 41.2. The minimum atomic E-state index is -0.835. The van der Waals surface area contributed by atoms with E-state index in [-0.39, 0.29) is 42.7 Å². The number of hydrogen-bond donors (Lipinski definition) is 0. The monoisotopic (exact) mass is 516 g/mol. The van der Waals surface area contributed by atoms with Crippen molar-refractivity contribution in [1.29, 1.82) is 0 Å². The predicted octanol–water partition coefficient (Wildman–Crippen LogP) is 5.67. The molecule has 0 radical (unpaired) electrons. The highest BCUT2D eigenvalue weighted by atomic mass is 19.0. The van der Waals surface area contributed by atoms with Gasteiger partial charge in [-0.05, 0) is 31.2 Å². The zero-order valence-corrected chi connectivity index (χ0v) is 17.8. The Morgan fingerprint density at radius 1 is 0.556 bits per heavy atom. The van der Waals surface area contributed by atoms with Crippen molar-refractivity contribution in [2.75, 3.05) is 0 Å². The Morgan fingerprint density at radius 2 is 0.917 bits per heavy atom. The first kappa shape index (κ1) is 30.6. The van der Waals surface area contributed by atoms with Gasteiger partial charge in [-0.25, -0.2) is 0 Å². The molecule has 17 heteroatoms. The number of hydrogen-bond acceptors (Lipinski definition) is 10. The Hall–Kier alpha value is -5.35. The Balaban J connectivity index is 0.00000408. The summed E-state index contributed by atoms with van der Waals surface area (Å²) in [5.41, 5.74) is -1.97. The summed E-state index contributed by atoms with van der Waals surface area (Å²) in [7, 11) is 0. The van der Waals surface area contributed by atoms with Gasteiger partial charge in [0.05, 0.1) is 31.8 Å². The summed E-state index contributed by atoms with van der Waals surface area (Å²) in [6.07, 6.45) is 0. The summed E-state index contributed by atoms with van der Waals surface area (Å²) in [6.45, 7) is 1.51. The predicted molar refractivity (Wildman–Crippen MR) is 118 cm³/mol. The van der Waals surface area contributed by atoms with Crippen LogP contribution in [0.15, 0.2) is 54.6 Å². The van der Waals surface area contributed by atoms with Gasteiger partial charge in [0.1, 0.15) is 11.5 Å². The van der Waals surface area contributed by atoms with Crippen LogP contribution in [-0.4, -0.2) is 19.7 Å². The van der Waals surface area contributed by atoms with Crippen LogP contribution in [0.3, 0.4) is 0 Å². The fraction of sp³-hybridized carbons (Fsp3) is 0.0526. The first-order valence-electron chi connectivity index (χ1n) is 8.89. The molecule has 0 amide bonds.